The number of hydrazone groups is 1. The Morgan fingerprint density at radius 1 is 1.10 bits per heavy atom. The van der Waals surface area contributed by atoms with Crippen LogP contribution in [-0.4, -0.2) is 29.2 Å². The fourth-order valence-electron chi connectivity index (χ4n) is 3.22. The van der Waals surface area contributed by atoms with Gasteiger partial charge in [-0.25, -0.2) is 0 Å². The van der Waals surface area contributed by atoms with Crippen LogP contribution >= 0.6 is 0 Å². The molecule has 2 aromatic carbocycles. The van der Waals surface area contributed by atoms with Gasteiger partial charge >= 0.3 is 5.97 Å². The molecule has 0 atom stereocenters. The highest BCUT2D eigenvalue weighted by Crippen LogP contribution is 2.38. The molecule has 7 nitrogen and oxygen atoms in total. The summed E-state index contributed by atoms with van der Waals surface area (Å²) in [6.07, 6.45) is 3.31. The Morgan fingerprint density at radius 2 is 1.83 bits per heavy atom. The van der Waals surface area contributed by atoms with Crippen LogP contribution in [0.25, 0.3) is 0 Å². The van der Waals surface area contributed by atoms with Crippen LogP contribution in [0.5, 0.6) is 5.75 Å². The highest BCUT2D eigenvalue weighted by molar-refractivity contribution is 6.29. The lowest BCUT2D eigenvalue weighted by Gasteiger charge is -2.16. The van der Waals surface area contributed by atoms with Crippen molar-refractivity contribution in [2.24, 2.45) is 5.10 Å². The van der Waals surface area contributed by atoms with E-state index >= 15 is 0 Å². The Balaban J connectivity index is 1.62. The molecule has 4 rings (SSSR count). The summed E-state index contributed by atoms with van der Waals surface area (Å²) in [7, 11) is 0. The Hall–Kier alpha value is -3.87. The summed E-state index contributed by atoms with van der Waals surface area (Å²) in [6.45, 7) is 2.04. The predicted molar refractivity (Wildman–Crippen MR) is 110 cm³/mol. The third-order valence-electron chi connectivity index (χ3n) is 4.64. The lowest BCUT2D eigenvalue weighted by molar-refractivity contribution is -0.136. The number of anilines is 2. The Morgan fingerprint density at radius 3 is 2.59 bits per heavy atom. The molecule has 0 fully saturated rings. The first-order valence-electron chi connectivity index (χ1n) is 9.18. The smallest absolute Gasteiger partial charge is 0.305 e. The van der Waals surface area contributed by atoms with Crippen LogP contribution in [-0.2, 0) is 9.59 Å². The maximum atomic E-state index is 12.8. The minimum atomic E-state index is -0.889. The lowest BCUT2D eigenvalue weighted by Crippen LogP contribution is -2.23. The van der Waals surface area contributed by atoms with Crippen LogP contribution in [0, 0.1) is 0 Å². The predicted octanol–water partition coefficient (Wildman–Crippen LogP) is 3.55. The number of aliphatic carboxylic acids is 1. The van der Waals surface area contributed by atoms with Crippen molar-refractivity contribution < 1.29 is 19.4 Å². The summed E-state index contributed by atoms with van der Waals surface area (Å²) in [6, 6.07) is 16.6. The summed E-state index contributed by atoms with van der Waals surface area (Å²) in [4.78, 5) is 25.6. The average molecular weight is 389 g/mol. The number of benzene rings is 2. The van der Waals surface area contributed by atoms with Gasteiger partial charge in [0.05, 0.1) is 29.1 Å². The third-order valence-corrected chi connectivity index (χ3v) is 4.64. The number of allylic oxidation sites excluding steroid dienone is 2. The van der Waals surface area contributed by atoms with Crippen molar-refractivity contribution in [1.29, 1.82) is 0 Å². The van der Waals surface area contributed by atoms with E-state index in [-0.39, 0.29) is 18.9 Å². The van der Waals surface area contributed by atoms with Crippen molar-refractivity contribution in [2.75, 3.05) is 16.5 Å². The summed E-state index contributed by atoms with van der Waals surface area (Å²) >= 11 is 0. The van der Waals surface area contributed by atoms with E-state index in [1.165, 1.54) is 5.01 Å². The molecule has 1 amide bonds. The second-order valence-electron chi connectivity index (χ2n) is 6.59. The van der Waals surface area contributed by atoms with Crippen LogP contribution in [0.1, 0.15) is 13.3 Å². The number of carboxylic acid groups (broad SMARTS) is 1. The van der Waals surface area contributed by atoms with E-state index in [9.17, 15) is 9.59 Å². The first kappa shape index (κ1) is 18.5. The van der Waals surface area contributed by atoms with Gasteiger partial charge in [-0.1, -0.05) is 30.3 Å². The molecule has 2 aliphatic rings. The van der Waals surface area contributed by atoms with Gasteiger partial charge in [-0.15, -0.1) is 0 Å². The van der Waals surface area contributed by atoms with Crippen LogP contribution in [0.15, 0.2) is 83.3 Å². The summed E-state index contributed by atoms with van der Waals surface area (Å²) < 4.78 is 5.88. The monoisotopic (exact) mass is 389 g/mol. The highest BCUT2D eigenvalue weighted by Gasteiger charge is 2.29. The third kappa shape index (κ3) is 3.62. The van der Waals surface area contributed by atoms with Crippen LogP contribution in [0.4, 0.5) is 11.4 Å². The Labute approximate surface area is 167 Å². The van der Waals surface area contributed by atoms with Gasteiger partial charge in [0.1, 0.15) is 0 Å². The van der Waals surface area contributed by atoms with Crippen molar-refractivity contribution in [2.45, 2.75) is 13.3 Å². The molecule has 0 saturated carbocycles. The van der Waals surface area contributed by atoms with E-state index < -0.39 is 5.97 Å². The number of ether oxygens (including phenoxy) is 1. The molecule has 0 bridgehead atoms. The second-order valence-corrected chi connectivity index (χ2v) is 6.59. The number of fused-ring (bicyclic) bond motifs is 1. The van der Waals surface area contributed by atoms with Gasteiger partial charge in [0.25, 0.3) is 5.91 Å². The van der Waals surface area contributed by atoms with Gasteiger partial charge in [0.15, 0.2) is 5.75 Å². The fourth-order valence-corrected chi connectivity index (χ4v) is 3.22. The fraction of sp³-hybridized carbons (Fsp3) is 0.136. The van der Waals surface area contributed by atoms with E-state index in [2.05, 4.69) is 5.10 Å². The van der Waals surface area contributed by atoms with E-state index in [4.69, 9.17) is 9.84 Å². The maximum Gasteiger partial charge on any atom is 0.305 e. The zero-order valence-corrected chi connectivity index (χ0v) is 15.8. The van der Waals surface area contributed by atoms with E-state index in [1.807, 2.05) is 54.6 Å². The van der Waals surface area contributed by atoms with E-state index in [1.54, 1.807) is 24.0 Å². The number of para-hydroxylation sites is 3. The van der Waals surface area contributed by atoms with Crippen molar-refractivity contribution in [1.82, 2.24) is 0 Å². The summed E-state index contributed by atoms with van der Waals surface area (Å²) in [5.41, 5.74) is 2.55. The number of carbonyl (C=O) groups excluding carboxylic acids is 1. The SMILES string of the molecule is CC1=NN(c2ccccc2)C(=O)/C1=C/C=C1\Oc2ccccc2N1CCC(=O)O. The molecule has 0 unspecified atom stereocenters. The zero-order chi connectivity index (χ0) is 20.4. The van der Waals surface area contributed by atoms with Crippen molar-refractivity contribution >= 4 is 29.0 Å². The van der Waals surface area contributed by atoms with Crippen LogP contribution < -0.4 is 14.6 Å². The van der Waals surface area contributed by atoms with Crippen LogP contribution in [0.2, 0.25) is 0 Å². The lowest BCUT2D eigenvalue weighted by atomic mass is 10.1. The number of carbonyl (C=O) groups is 2. The van der Waals surface area contributed by atoms with Gasteiger partial charge in [0.2, 0.25) is 5.88 Å². The maximum absolute atomic E-state index is 12.8. The number of carboxylic acids is 1. The number of amides is 1. The molecule has 146 valence electrons. The van der Waals surface area contributed by atoms with Gasteiger partial charge in [-0.3, -0.25) is 9.59 Å². The molecule has 0 aromatic heterocycles. The molecule has 7 heteroatoms. The molecule has 29 heavy (non-hydrogen) atoms. The van der Waals surface area contributed by atoms with Crippen molar-refractivity contribution in [3.63, 3.8) is 0 Å². The van der Waals surface area contributed by atoms with Gasteiger partial charge in [-0.2, -0.15) is 10.1 Å². The molecule has 0 aliphatic carbocycles. The molecular weight excluding hydrogens is 370 g/mol. The molecule has 0 radical (unpaired) electrons. The summed E-state index contributed by atoms with van der Waals surface area (Å²) in [5, 5.41) is 14.8. The molecule has 0 spiro atoms. The van der Waals surface area contributed by atoms with Gasteiger partial charge in [0, 0.05) is 6.54 Å². The number of hydrogen-bond acceptors (Lipinski definition) is 5. The standard InChI is InChI=1S/C22H19N3O4/c1-15-17(22(28)25(23-15)16-7-3-2-4-8-16)11-12-20-24(14-13-21(26)27)18-9-5-6-10-19(18)29-20/h2-12H,13-14H2,1H3,(H,26,27)/b17-11+,20-12-. The average Bonchev–Trinajstić information content (AvgIpc) is 3.22. The Bertz CT molecular complexity index is 1060. The molecule has 2 aromatic rings. The van der Waals surface area contributed by atoms with Gasteiger partial charge in [-0.05, 0) is 43.3 Å². The van der Waals surface area contributed by atoms with Crippen LogP contribution in [0.3, 0.4) is 0 Å². The van der Waals surface area contributed by atoms with E-state index in [0.29, 0.717) is 28.6 Å². The minimum absolute atomic E-state index is 0.0349. The summed E-state index contributed by atoms with van der Waals surface area (Å²) in [5.74, 6) is 0.00739. The van der Waals surface area contributed by atoms with E-state index in [0.717, 1.165) is 5.69 Å². The Kier molecular flexibility index (Phi) is 4.87. The number of rotatable bonds is 5. The number of nitrogens with zero attached hydrogens (tertiary/aromatic N) is 3. The quantitative estimate of drug-likeness (QED) is 0.791. The molecule has 0 saturated heterocycles. The highest BCUT2D eigenvalue weighted by atomic mass is 16.5. The van der Waals surface area contributed by atoms with Crippen molar-refractivity contribution in [3.8, 4) is 5.75 Å². The second kappa shape index (κ2) is 7.63. The molecule has 2 heterocycles. The first-order valence-corrected chi connectivity index (χ1v) is 9.18. The zero-order valence-electron chi connectivity index (χ0n) is 15.8. The largest absolute Gasteiger partial charge is 0.481 e. The molecular formula is C22H19N3O4. The normalized spacial score (nSPS) is 18.2. The molecule has 1 N–H and O–H groups in total. The molecule has 2 aliphatic heterocycles. The van der Waals surface area contributed by atoms with Gasteiger partial charge < -0.3 is 14.7 Å². The number of hydrogen-bond donors (Lipinski definition) is 1. The van der Waals surface area contributed by atoms with Crippen molar-refractivity contribution in [3.05, 3.63) is 78.2 Å². The topological polar surface area (TPSA) is 82.4 Å². The minimum Gasteiger partial charge on any atom is -0.481 e. The first-order chi connectivity index (χ1) is 14.0.